The summed E-state index contributed by atoms with van der Waals surface area (Å²) in [6.07, 6.45) is 3.44. The van der Waals surface area contributed by atoms with E-state index >= 15 is 0 Å². The highest BCUT2D eigenvalue weighted by Crippen LogP contribution is 2.31. The minimum absolute atomic E-state index is 0.00463. The third-order valence-corrected chi connectivity index (χ3v) is 2.93. The summed E-state index contributed by atoms with van der Waals surface area (Å²) in [5.74, 6) is -0.621. The fourth-order valence-electron chi connectivity index (χ4n) is 2.11. The van der Waals surface area contributed by atoms with Gasteiger partial charge in [-0.1, -0.05) is 0 Å². The topological polar surface area (TPSA) is 63.6 Å². The molecule has 0 spiro atoms. The number of ether oxygens (including phenoxy) is 1. The maximum atomic E-state index is 11.4. The summed E-state index contributed by atoms with van der Waals surface area (Å²) in [6.45, 7) is 2.22. The molecule has 1 aliphatic rings. The molecule has 15 heavy (non-hydrogen) atoms. The van der Waals surface area contributed by atoms with Crippen molar-refractivity contribution in [2.24, 2.45) is 11.8 Å². The molecule has 1 saturated carbocycles. The first-order valence-electron chi connectivity index (χ1n) is 5.52. The average Bonchev–Trinajstić information content (AvgIpc) is 2.18. The Balaban J connectivity index is 2.29. The van der Waals surface area contributed by atoms with Gasteiger partial charge in [-0.2, -0.15) is 0 Å². The average molecular weight is 214 g/mol. The number of carboxylic acid groups (broad SMARTS) is 1. The summed E-state index contributed by atoms with van der Waals surface area (Å²) in [4.78, 5) is 21.9. The Kier molecular flexibility index (Phi) is 4.59. The normalized spacial score (nSPS) is 25.9. The Morgan fingerprint density at radius 2 is 1.87 bits per heavy atom. The molecule has 0 atom stereocenters. The molecule has 0 aromatic heterocycles. The molecule has 1 fully saturated rings. The largest absolute Gasteiger partial charge is 0.481 e. The van der Waals surface area contributed by atoms with Gasteiger partial charge in [-0.25, -0.2) is 0 Å². The molecule has 0 aromatic rings. The molecule has 1 rings (SSSR count). The molecular weight excluding hydrogens is 196 g/mol. The first kappa shape index (κ1) is 12.0. The van der Waals surface area contributed by atoms with Crippen molar-refractivity contribution in [2.75, 3.05) is 6.61 Å². The van der Waals surface area contributed by atoms with Gasteiger partial charge >= 0.3 is 11.9 Å². The third-order valence-electron chi connectivity index (χ3n) is 2.93. The number of esters is 1. The molecule has 0 heterocycles. The SMILES string of the molecule is CCOC(=O)[C@H]1CC[C@H](CC(=O)O)CC1. The predicted octanol–water partition coefficient (Wildman–Crippen LogP) is 1.83. The molecule has 0 bridgehead atoms. The van der Waals surface area contributed by atoms with Crippen LogP contribution < -0.4 is 0 Å². The van der Waals surface area contributed by atoms with Crippen LogP contribution in [0.1, 0.15) is 39.0 Å². The van der Waals surface area contributed by atoms with Gasteiger partial charge in [0.2, 0.25) is 0 Å². The van der Waals surface area contributed by atoms with Crippen LogP contribution in [0.4, 0.5) is 0 Å². The van der Waals surface area contributed by atoms with Crippen LogP contribution in [0, 0.1) is 11.8 Å². The summed E-state index contributed by atoms with van der Waals surface area (Å²) < 4.78 is 4.94. The molecule has 0 radical (unpaired) electrons. The van der Waals surface area contributed by atoms with E-state index in [-0.39, 0.29) is 24.2 Å². The highest BCUT2D eigenvalue weighted by Gasteiger charge is 2.27. The number of carbonyl (C=O) groups is 2. The van der Waals surface area contributed by atoms with Crippen LogP contribution in [0.15, 0.2) is 0 Å². The van der Waals surface area contributed by atoms with E-state index in [0.29, 0.717) is 6.61 Å². The van der Waals surface area contributed by atoms with Crippen LogP contribution in [0.2, 0.25) is 0 Å². The summed E-state index contributed by atoms with van der Waals surface area (Å²) >= 11 is 0. The minimum atomic E-state index is -0.741. The lowest BCUT2D eigenvalue weighted by Gasteiger charge is -2.25. The van der Waals surface area contributed by atoms with E-state index in [4.69, 9.17) is 9.84 Å². The fourth-order valence-corrected chi connectivity index (χ4v) is 2.11. The molecule has 0 saturated heterocycles. The van der Waals surface area contributed by atoms with Crippen molar-refractivity contribution in [1.29, 1.82) is 0 Å². The van der Waals surface area contributed by atoms with Crippen LogP contribution in [-0.2, 0) is 14.3 Å². The lowest BCUT2D eigenvalue weighted by molar-refractivity contribution is -0.149. The molecule has 86 valence electrons. The van der Waals surface area contributed by atoms with Crippen LogP contribution in [0.3, 0.4) is 0 Å². The standard InChI is InChI=1S/C11H18O4/c1-2-15-11(14)9-5-3-8(4-6-9)7-10(12)13/h8-9H,2-7H2,1H3,(H,12,13)/t8-,9-. The van der Waals surface area contributed by atoms with Crippen molar-refractivity contribution in [3.8, 4) is 0 Å². The molecule has 4 nitrogen and oxygen atoms in total. The Morgan fingerprint density at radius 1 is 1.27 bits per heavy atom. The highest BCUT2D eigenvalue weighted by atomic mass is 16.5. The molecule has 1 aliphatic carbocycles. The Hall–Kier alpha value is -1.06. The van der Waals surface area contributed by atoms with Crippen LogP contribution >= 0.6 is 0 Å². The Bertz CT molecular complexity index is 229. The minimum Gasteiger partial charge on any atom is -0.481 e. The van der Waals surface area contributed by atoms with E-state index in [1.807, 2.05) is 0 Å². The van der Waals surface area contributed by atoms with Gasteiger partial charge in [0, 0.05) is 6.42 Å². The predicted molar refractivity (Wildman–Crippen MR) is 54.3 cm³/mol. The number of aliphatic carboxylic acids is 1. The lowest BCUT2D eigenvalue weighted by Crippen LogP contribution is -2.24. The van der Waals surface area contributed by atoms with E-state index in [1.165, 1.54) is 0 Å². The second-order valence-electron chi connectivity index (χ2n) is 4.07. The van der Waals surface area contributed by atoms with E-state index in [2.05, 4.69) is 0 Å². The van der Waals surface area contributed by atoms with E-state index in [0.717, 1.165) is 25.7 Å². The van der Waals surface area contributed by atoms with Gasteiger partial charge in [0.15, 0.2) is 0 Å². The van der Waals surface area contributed by atoms with Gasteiger partial charge in [0.25, 0.3) is 0 Å². The Labute approximate surface area is 89.6 Å². The van der Waals surface area contributed by atoms with Gasteiger partial charge in [-0.05, 0) is 38.5 Å². The summed E-state index contributed by atoms with van der Waals surface area (Å²) in [6, 6.07) is 0. The van der Waals surface area contributed by atoms with Crippen LogP contribution in [-0.4, -0.2) is 23.7 Å². The smallest absolute Gasteiger partial charge is 0.308 e. The zero-order chi connectivity index (χ0) is 11.3. The molecule has 0 amide bonds. The van der Waals surface area contributed by atoms with E-state index in [1.54, 1.807) is 6.92 Å². The van der Waals surface area contributed by atoms with Crippen molar-refractivity contribution in [1.82, 2.24) is 0 Å². The third kappa shape index (κ3) is 3.90. The molecule has 0 aliphatic heterocycles. The summed E-state index contributed by atoms with van der Waals surface area (Å²) in [7, 11) is 0. The van der Waals surface area contributed by atoms with Gasteiger partial charge in [-0.3, -0.25) is 9.59 Å². The van der Waals surface area contributed by atoms with Crippen molar-refractivity contribution in [3.05, 3.63) is 0 Å². The first-order chi connectivity index (χ1) is 7.13. The molecule has 1 N–H and O–H groups in total. The van der Waals surface area contributed by atoms with E-state index in [9.17, 15) is 9.59 Å². The molecule has 0 unspecified atom stereocenters. The summed E-state index contributed by atoms with van der Waals surface area (Å²) in [5.41, 5.74) is 0. The van der Waals surface area contributed by atoms with E-state index < -0.39 is 5.97 Å². The van der Waals surface area contributed by atoms with Crippen molar-refractivity contribution >= 4 is 11.9 Å². The number of carboxylic acids is 1. The second kappa shape index (κ2) is 5.73. The van der Waals surface area contributed by atoms with Gasteiger partial charge in [0.05, 0.1) is 12.5 Å². The monoisotopic (exact) mass is 214 g/mol. The van der Waals surface area contributed by atoms with Crippen LogP contribution in [0.25, 0.3) is 0 Å². The number of hydrogen-bond acceptors (Lipinski definition) is 3. The maximum absolute atomic E-state index is 11.4. The molecular formula is C11H18O4. The molecule has 4 heteroatoms. The quantitative estimate of drug-likeness (QED) is 0.725. The Morgan fingerprint density at radius 3 is 2.33 bits per heavy atom. The van der Waals surface area contributed by atoms with Gasteiger partial charge < -0.3 is 9.84 Å². The van der Waals surface area contributed by atoms with Crippen molar-refractivity contribution < 1.29 is 19.4 Å². The van der Waals surface area contributed by atoms with Crippen molar-refractivity contribution in [2.45, 2.75) is 39.0 Å². The zero-order valence-electron chi connectivity index (χ0n) is 9.07. The zero-order valence-corrected chi connectivity index (χ0v) is 9.07. The summed E-state index contributed by atoms with van der Waals surface area (Å²) in [5, 5.41) is 8.63. The second-order valence-corrected chi connectivity index (χ2v) is 4.07. The number of carbonyl (C=O) groups excluding carboxylic acids is 1. The lowest BCUT2D eigenvalue weighted by atomic mass is 9.80. The highest BCUT2D eigenvalue weighted by molar-refractivity contribution is 5.72. The van der Waals surface area contributed by atoms with Gasteiger partial charge in [-0.15, -0.1) is 0 Å². The fraction of sp³-hybridized carbons (Fsp3) is 0.818. The molecule has 0 aromatic carbocycles. The number of hydrogen-bond donors (Lipinski definition) is 1. The van der Waals surface area contributed by atoms with Crippen LogP contribution in [0.5, 0.6) is 0 Å². The first-order valence-corrected chi connectivity index (χ1v) is 5.52. The van der Waals surface area contributed by atoms with Crippen molar-refractivity contribution in [3.63, 3.8) is 0 Å². The maximum Gasteiger partial charge on any atom is 0.308 e. The number of rotatable bonds is 4. The van der Waals surface area contributed by atoms with Gasteiger partial charge in [0.1, 0.15) is 0 Å².